The van der Waals surface area contributed by atoms with Crippen LogP contribution in [0.4, 0.5) is 0 Å². The molecular formula is C18H14IN5O2. The molecule has 7 nitrogen and oxygen atoms in total. The number of hydrogen-bond acceptors (Lipinski definition) is 6. The number of rotatable bonds is 2. The van der Waals surface area contributed by atoms with Crippen LogP contribution in [0.1, 0.15) is 34.1 Å². The number of aliphatic imine (C=N–C) groups is 1. The highest BCUT2D eigenvalue weighted by molar-refractivity contribution is 14.1. The summed E-state index contributed by atoms with van der Waals surface area (Å²) >= 11 is 2.17. The van der Waals surface area contributed by atoms with Gasteiger partial charge in [0.25, 0.3) is 5.91 Å². The van der Waals surface area contributed by atoms with Gasteiger partial charge in [0.1, 0.15) is 6.07 Å². The smallest absolute Gasteiger partial charge is 0.293 e. The van der Waals surface area contributed by atoms with E-state index in [1.807, 2.05) is 29.4 Å². The number of aromatic nitrogens is 1. The van der Waals surface area contributed by atoms with Gasteiger partial charge in [-0.1, -0.05) is 11.2 Å². The van der Waals surface area contributed by atoms with Crippen LogP contribution in [0.25, 0.3) is 0 Å². The highest BCUT2D eigenvalue weighted by Crippen LogP contribution is 2.49. The van der Waals surface area contributed by atoms with Crippen molar-refractivity contribution < 1.29 is 9.32 Å². The summed E-state index contributed by atoms with van der Waals surface area (Å²) in [4.78, 5) is 21.8. The van der Waals surface area contributed by atoms with E-state index >= 15 is 0 Å². The third kappa shape index (κ3) is 2.13. The first-order valence-electron chi connectivity index (χ1n) is 8.39. The van der Waals surface area contributed by atoms with E-state index in [2.05, 4.69) is 43.7 Å². The Morgan fingerprint density at radius 1 is 1.31 bits per heavy atom. The van der Waals surface area contributed by atoms with E-state index in [1.54, 1.807) is 6.07 Å². The van der Waals surface area contributed by atoms with Crippen LogP contribution < -0.4 is 0 Å². The number of carbonyl (C=O) groups excluding carboxylic acids is 1. The lowest BCUT2D eigenvalue weighted by Crippen LogP contribution is -2.54. The van der Waals surface area contributed by atoms with Gasteiger partial charge >= 0.3 is 0 Å². The number of halogens is 1. The maximum Gasteiger partial charge on any atom is 0.293 e. The number of nitriles is 1. The second kappa shape index (κ2) is 5.81. The van der Waals surface area contributed by atoms with Crippen LogP contribution in [0, 0.1) is 14.9 Å². The molecule has 2 saturated heterocycles. The van der Waals surface area contributed by atoms with Gasteiger partial charge in [0.2, 0.25) is 5.76 Å². The van der Waals surface area contributed by atoms with Crippen molar-refractivity contribution in [3.8, 4) is 6.07 Å². The average Bonchev–Trinajstić information content (AvgIpc) is 3.42. The first-order valence-corrected chi connectivity index (χ1v) is 9.47. The first-order chi connectivity index (χ1) is 12.7. The fourth-order valence-electron chi connectivity index (χ4n) is 4.51. The van der Waals surface area contributed by atoms with Gasteiger partial charge in [-0.3, -0.25) is 9.79 Å². The molecule has 0 spiro atoms. The molecule has 5 rings (SSSR count). The average molecular weight is 459 g/mol. The van der Waals surface area contributed by atoms with Crippen molar-refractivity contribution >= 4 is 34.8 Å². The molecule has 4 atom stereocenters. The van der Waals surface area contributed by atoms with Crippen molar-refractivity contribution in [2.45, 2.75) is 30.6 Å². The lowest BCUT2D eigenvalue weighted by Gasteiger charge is -2.42. The summed E-state index contributed by atoms with van der Waals surface area (Å²) in [6.07, 6.45) is 4.33. The summed E-state index contributed by atoms with van der Waals surface area (Å²) in [7, 11) is 0. The molecule has 2 fully saturated rings. The number of amides is 1. The number of benzene rings is 1. The zero-order chi connectivity index (χ0) is 17.8. The zero-order valence-electron chi connectivity index (χ0n) is 13.6. The Kier molecular flexibility index (Phi) is 3.53. The van der Waals surface area contributed by atoms with E-state index in [4.69, 9.17) is 4.52 Å². The Morgan fingerprint density at radius 3 is 2.92 bits per heavy atom. The lowest BCUT2D eigenvalue weighted by molar-refractivity contribution is 0.0409. The molecule has 8 heteroatoms. The Labute approximate surface area is 163 Å². The molecule has 2 aromatic rings. The fraction of sp³-hybridized carbons (Fsp3) is 0.333. The molecule has 1 aromatic heterocycles. The maximum absolute atomic E-state index is 13.2. The predicted molar refractivity (Wildman–Crippen MR) is 100 cm³/mol. The van der Waals surface area contributed by atoms with Gasteiger partial charge in [-0.2, -0.15) is 5.26 Å². The first kappa shape index (κ1) is 15.8. The Balaban J connectivity index is 1.59. The number of carbonyl (C=O) groups is 1. The lowest BCUT2D eigenvalue weighted by atomic mass is 9.97. The standard InChI is InChI=1S/C18H14IN5O2/c19-12-5-10(1-2-11(12)7-20)17-14-6-13(15-8-21-9-23(14)15)24(17)18(25)16-3-4-22-26-16/h1-5,9,13-15,17H,6,8H2. The minimum atomic E-state index is -0.133. The number of likely N-dealkylation sites (tertiary alicyclic amines) is 1. The predicted octanol–water partition coefficient (Wildman–Crippen LogP) is 2.20. The van der Waals surface area contributed by atoms with Crippen LogP contribution in [0.5, 0.6) is 0 Å². The Morgan fingerprint density at radius 2 is 2.19 bits per heavy atom. The van der Waals surface area contributed by atoms with Gasteiger partial charge in [-0.25, -0.2) is 0 Å². The van der Waals surface area contributed by atoms with Crippen LogP contribution >= 0.6 is 22.6 Å². The van der Waals surface area contributed by atoms with Crippen LogP contribution in [0.15, 0.2) is 40.0 Å². The highest BCUT2D eigenvalue weighted by atomic mass is 127. The molecule has 1 amide bonds. The van der Waals surface area contributed by atoms with Crippen molar-refractivity contribution in [1.82, 2.24) is 15.0 Å². The van der Waals surface area contributed by atoms with Gasteiger partial charge in [-0.15, -0.1) is 0 Å². The summed E-state index contributed by atoms with van der Waals surface area (Å²) in [6.45, 7) is 0.721. The highest BCUT2D eigenvalue weighted by Gasteiger charge is 2.58. The SMILES string of the molecule is N#Cc1ccc(C2C3CC(C4CN=CN43)N2C(=O)c2ccno2)cc1I. The molecule has 26 heavy (non-hydrogen) atoms. The van der Waals surface area contributed by atoms with Gasteiger partial charge in [0.05, 0.1) is 48.8 Å². The zero-order valence-corrected chi connectivity index (χ0v) is 15.8. The second-order valence-corrected chi connectivity index (χ2v) is 7.91. The number of fused-ring (bicyclic) bond motifs is 5. The molecular weight excluding hydrogens is 445 g/mol. The molecule has 4 unspecified atom stereocenters. The van der Waals surface area contributed by atoms with E-state index in [0.717, 1.165) is 22.1 Å². The van der Waals surface area contributed by atoms with Gasteiger partial charge in [0.15, 0.2) is 0 Å². The van der Waals surface area contributed by atoms with E-state index < -0.39 is 0 Å². The number of nitrogens with zero attached hydrogens (tertiary/aromatic N) is 5. The topological polar surface area (TPSA) is 85.7 Å². The van der Waals surface area contributed by atoms with Crippen LogP contribution in [-0.4, -0.2) is 51.9 Å². The largest absolute Gasteiger partial charge is 0.351 e. The van der Waals surface area contributed by atoms with Crippen molar-refractivity contribution in [3.05, 3.63) is 50.9 Å². The van der Waals surface area contributed by atoms with E-state index in [9.17, 15) is 10.1 Å². The Bertz CT molecular complexity index is 951. The van der Waals surface area contributed by atoms with Gasteiger partial charge in [-0.05, 0) is 46.7 Å². The molecule has 0 saturated carbocycles. The molecule has 130 valence electrons. The van der Waals surface area contributed by atoms with E-state index in [-0.39, 0.29) is 35.8 Å². The molecule has 4 heterocycles. The van der Waals surface area contributed by atoms with Crippen LogP contribution in [0.2, 0.25) is 0 Å². The molecule has 3 aliphatic heterocycles. The second-order valence-electron chi connectivity index (χ2n) is 6.75. The van der Waals surface area contributed by atoms with Gasteiger partial charge < -0.3 is 14.3 Å². The third-order valence-corrected chi connectivity index (χ3v) is 6.45. The molecule has 3 aliphatic rings. The van der Waals surface area contributed by atoms with Crippen molar-refractivity contribution in [3.63, 3.8) is 0 Å². The molecule has 0 N–H and O–H groups in total. The van der Waals surface area contributed by atoms with Gasteiger partial charge in [0, 0.05) is 9.64 Å². The molecule has 1 aromatic carbocycles. The van der Waals surface area contributed by atoms with Crippen LogP contribution in [-0.2, 0) is 0 Å². The maximum atomic E-state index is 13.2. The van der Waals surface area contributed by atoms with Crippen LogP contribution in [0.3, 0.4) is 0 Å². The third-order valence-electron chi connectivity index (χ3n) is 5.56. The minimum Gasteiger partial charge on any atom is -0.351 e. The monoisotopic (exact) mass is 459 g/mol. The summed E-state index contributed by atoms with van der Waals surface area (Å²) in [5.41, 5.74) is 1.68. The molecule has 0 aliphatic carbocycles. The Hall–Kier alpha value is -2.41. The van der Waals surface area contributed by atoms with Crippen molar-refractivity contribution in [2.24, 2.45) is 4.99 Å². The quantitative estimate of drug-likeness (QED) is 0.643. The normalized spacial score (nSPS) is 28.5. The molecule has 0 radical (unpaired) electrons. The number of hydrogen-bond donors (Lipinski definition) is 0. The van der Waals surface area contributed by atoms with E-state index in [0.29, 0.717) is 5.56 Å². The molecule has 2 bridgehead atoms. The summed E-state index contributed by atoms with van der Waals surface area (Å²) in [5.74, 6) is 0.127. The summed E-state index contributed by atoms with van der Waals surface area (Å²) in [5, 5.41) is 12.9. The summed E-state index contributed by atoms with van der Waals surface area (Å²) in [6, 6.07) is 10.0. The van der Waals surface area contributed by atoms with Crippen molar-refractivity contribution in [2.75, 3.05) is 6.54 Å². The van der Waals surface area contributed by atoms with Crippen molar-refractivity contribution in [1.29, 1.82) is 5.26 Å². The number of piperazine rings is 1. The fourth-order valence-corrected chi connectivity index (χ4v) is 5.17. The summed E-state index contributed by atoms with van der Waals surface area (Å²) < 4.78 is 6.03. The van der Waals surface area contributed by atoms with E-state index in [1.165, 1.54) is 6.20 Å². The minimum absolute atomic E-state index is 0.0957.